The summed E-state index contributed by atoms with van der Waals surface area (Å²) < 4.78 is 28.1. The Morgan fingerprint density at radius 3 is 2.23 bits per heavy atom. The van der Waals surface area contributed by atoms with Gasteiger partial charge in [-0.25, -0.2) is 13.8 Å². The maximum absolute atomic E-state index is 13.7. The Morgan fingerprint density at radius 2 is 1.64 bits per heavy atom. The third kappa shape index (κ3) is 11.7. The quantitative estimate of drug-likeness (QED) is 0.130. The minimum Gasteiger partial charge on any atom is -0.382 e. The molecule has 276 valence electrons. The van der Waals surface area contributed by atoms with E-state index in [1.165, 1.54) is 60.9 Å². The molecule has 3 N–H and O–H groups in total. The Hall–Kier alpha value is -5.67. The molecule has 9 heteroatoms. The summed E-state index contributed by atoms with van der Waals surface area (Å²) in [5.41, 5.74) is 7.47. The number of rotatable bonds is 9. The number of pyridine rings is 1. The molecule has 0 unspecified atom stereocenters. The van der Waals surface area contributed by atoms with E-state index >= 15 is 0 Å². The number of aromatic amines is 1. The first-order valence-electron chi connectivity index (χ1n) is 18.1. The van der Waals surface area contributed by atoms with Crippen LogP contribution in [-0.4, -0.2) is 33.6 Å². The van der Waals surface area contributed by atoms with Crippen LogP contribution < -0.4 is 16.2 Å². The summed E-state index contributed by atoms with van der Waals surface area (Å²) in [6.07, 6.45) is 15.4. The van der Waals surface area contributed by atoms with Crippen molar-refractivity contribution in [1.29, 1.82) is 0 Å². The lowest BCUT2D eigenvalue weighted by Crippen LogP contribution is -2.24. The molecule has 7 rings (SSSR count). The van der Waals surface area contributed by atoms with Crippen LogP contribution in [0.2, 0.25) is 0 Å². The van der Waals surface area contributed by atoms with Gasteiger partial charge in [-0.05, 0) is 61.7 Å². The van der Waals surface area contributed by atoms with Gasteiger partial charge in [0.25, 0.3) is 5.56 Å². The maximum atomic E-state index is 13.7. The van der Waals surface area contributed by atoms with Crippen LogP contribution in [0.5, 0.6) is 0 Å². The van der Waals surface area contributed by atoms with E-state index in [0.717, 1.165) is 34.8 Å². The Morgan fingerprint density at radius 1 is 0.906 bits per heavy atom. The van der Waals surface area contributed by atoms with E-state index in [9.17, 15) is 13.6 Å². The summed E-state index contributed by atoms with van der Waals surface area (Å²) in [5, 5.41) is 7.11. The largest absolute Gasteiger partial charge is 0.382 e. The Bertz CT molecular complexity index is 2080. The van der Waals surface area contributed by atoms with Gasteiger partial charge in [-0.15, -0.1) is 6.58 Å². The molecule has 0 spiro atoms. The molecule has 0 bridgehead atoms. The minimum atomic E-state index is -0.549. The first-order chi connectivity index (χ1) is 25.8. The summed E-state index contributed by atoms with van der Waals surface area (Å²) in [7, 11) is 3.64. The molecule has 3 heterocycles. The average Bonchev–Trinajstić information content (AvgIpc) is 3.58. The third-order valence-corrected chi connectivity index (χ3v) is 8.52. The lowest BCUT2D eigenvalue weighted by atomic mass is 9.90. The van der Waals surface area contributed by atoms with Crippen LogP contribution in [0.4, 0.5) is 14.5 Å². The molecule has 6 aromatic rings. The van der Waals surface area contributed by atoms with Crippen molar-refractivity contribution in [2.75, 3.05) is 19.4 Å². The average molecular weight is 717 g/mol. The van der Waals surface area contributed by atoms with Crippen LogP contribution in [0.3, 0.4) is 0 Å². The van der Waals surface area contributed by atoms with E-state index in [4.69, 9.17) is 0 Å². The maximum Gasteiger partial charge on any atom is 0.277 e. The normalized spacial score (nSPS) is 11.5. The molecular formula is C44H50F2N6O. The van der Waals surface area contributed by atoms with Crippen molar-refractivity contribution in [3.05, 3.63) is 155 Å². The highest BCUT2D eigenvalue weighted by Gasteiger charge is 2.11. The zero-order valence-electron chi connectivity index (χ0n) is 31.1. The zero-order chi connectivity index (χ0) is 38.0. The van der Waals surface area contributed by atoms with Gasteiger partial charge in [0.15, 0.2) is 0 Å². The van der Waals surface area contributed by atoms with E-state index in [1.807, 2.05) is 73.9 Å². The SMILES string of the molecule is C=CCn1c(-c2ccccc2)ncc(NC)c1=O.CCCC.CNCc1cc2cnccc2[nH]1.Fc1ccc(-c2ccc(C=C3CCC3)cc2)c(F)c1. The fraction of sp³-hybridized carbons (Fsp3) is 0.250. The lowest BCUT2D eigenvalue weighted by molar-refractivity contribution is 0.585. The van der Waals surface area contributed by atoms with E-state index < -0.39 is 11.6 Å². The molecule has 0 radical (unpaired) electrons. The van der Waals surface area contributed by atoms with Crippen LogP contribution in [0, 0.1) is 11.6 Å². The van der Waals surface area contributed by atoms with Crippen LogP contribution in [0.1, 0.15) is 57.2 Å². The number of nitrogens with one attached hydrogen (secondary N) is 3. The van der Waals surface area contributed by atoms with Gasteiger partial charge in [0.05, 0.1) is 6.20 Å². The van der Waals surface area contributed by atoms with Gasteiger partial charge in [0.1, 0.15) is 23.1 Å². The highest BCUT2D eigenvalue weighted by Crippen LogP contribution is 2.29. The van der Waals surface area contributed by atoms with Crippen molar-refractivity contribution in [2.24, 2.45) is 0 Å². The molecular weight excluding hydrogens is 667 g/mol. The molecule has 3 aromatic carbocycles. The summed E-state index contributed by atoms with van der Waals surface area (Å²) in [6.45, 7) is 9.35. The van der Waals surface area contributed by atoms with Gasteiger partial charge in [0, 0.05) is 66.3 Å². The topological polar surface area (TPSA) is 87.6 Å². The van der Waals surface area contributed by atoms with E-state index in [1.54, 1.807) is 30.1 Å². The fourth-order valence-electron chi connectivity index (χ4n) is 5.34. The number of nitrogens with zero attached hydrogens (tertiary/aromatic N) is 3. The zero-order valence-corrected chi connectivity index (χ0v) is 31.1. The predicted molar refractivity (Wildman–Crippen MR) is 217 cm³/mol. The summed E-state index contributed by atoms with van der Waals surface area (Å²) in [5.74, 6) is -0.419. The molecule has 53 heavy (non-hydrogen) atoms. The molecule has 0 atom stereocenters. The molecule has 1 fully saturated rings. The molecule has 0 aliphatic heterocycles. The molecule has 0 saturated heterocycles. The van der Waals surface area contributed by atoms with E-state index in [0.29, 0.717) is 23.6 Å². The molecule has 1 saturated carbocycles. The third-order valence-electron chi connectivity index (χ3n) is 8.52. The minimum absolute atomic E-state index is 0.0914. The monoisotopic (exact) mass is 716 g/mol. The molecule has 1 aliphatic rings. The van der Waals surface area contributed by atoms with Crippen molar-refractivity contribution >= 4 is 22.7 Å². The van der Waals surface area contributed by atoms with Gasteiger partial charge in [-0.2, -0.15) is 0 Å². The second-order valence-corrected chi connectivity index (χ2v) is 12.5. The number of allylic oxidation sites excluding steroid dienone is 2. The highest BCUT2D eigenvalue weighted by molar-refractivity contribution is 5.79. The molecule has 7 nitrogen and oxygen atoms in total. The van der Waals surface area contributed by atoms with Crippen molar-refractivity contribution < 1.29 is 8.78 Å². The van der Waals surface area contributed by atoms with Crippen LogP contribution in [0.25, 0.3) is 39.5 Å². The van der Waals surface area contributed by atoms with E-state index in [-0.39, 0.29) is 5.56 Å². The van der Waals surface area contributed by atoms with E-state index in [2.05, 4.69) is 58.2 Å². The standard InChI is InChI=1S/C17H14F2.C14H15N3O.C9H11N3.C4H10/c18-15-8-9-16(17(19)11-15)14-6-4-13(5-7-14)10-12-2-1-3-12;1-3-9-17-13(11-7-5-4-6-8-11)16-10-12(15-2)14(17)18;1-10-6-8-4-7-5-11-3-2-9(7)12-8;1-3-4-2/h4-11H,1-3H2;3-8,10,15H,1,9H2,2H3;2-5,10,12H,6H2,1H3;3-4H2,1-2H3. The Labute approximate surface area is 311 Å². The first kappa shape index (κ1) is 40.1. The number of halogens is 2. The number of anilines is 1. The second-order valence-electron chi connectivity index (χ2n) is 12.5. The van der Waals surface area contributed by atoms with Gasteiger partial charge in [0.2, 0.25) is 0 Å². The Kier molecular flexibility index (Phi) is 15.9. The summed E-state index contributed by atoms with van der Waals surface area (Å²) >= 11 is 0. The number of aromatic nitrogens is 4. The first-order valence-corrected chi connectivity index (χ1v) is 18.1. The number of fused-ring (bicyclic) bond motifs is 1. The number of benzene rings is 3. The highest BCUT2D eigenvalue weighted by atomic mass is 19.1. The summed E-state index contributed by atoms with van der Waals surface area (Å²) in [4.78, 5) is 23.9. The summed E-state index contributed by atoms with van der Waals surface area (Å²) in [6, 6.07) is 25.1. The smallest absolute Gasteiger partial charge is 0.277 e. The van der Waals surface area contributed by atoms with Crippen LogP contribution in [0.15, 0.2) is 127 Å². The van der Waals surface area contributed by atoms with Gasteiger partial charge in [-0.1, -0.05) is 99.0 Å². The van der Waals surface area contributed by atoms with Gasteiger partial charge < -0.3 is 15.6 Å². The van der Waals surface area contributed by atoms with Crippen LogP contribution in [-0.2, 0) is 13.1 Å². The molecule has 0 amide bonds. The molecule has 3 aromatic heterocycles. The van der Waals surface area contributed by atoms with Crippen LogP contribution >= 0.6 is 0 Å². The van der Waals surface area contributed by atoms with Crippen molar-refractivity contribution in [1.82, 2.24) is 24.8 Å². The number of hydrogen-bond acceptors (Lipinski definition) is 5. The lowest BCUT2D eigenvalue weighted by Gasteiger charge is -2.15. The number of hydrogen-bond donors (Lipinski definition) is 3. The number of H-pyrrole nitrogens is 1. The Balaban J connectivity index is 0.000000172. The van der Waals surface area contributed by atoms with Crippen molar-refractivity contribution in [3.8, 4) is 22.5 Å². The fourth-order valence-corrected chi connectivity index (χ4v) is 5.34. The van der Waals surface area contributed by atoms with Crippen molar-refractivity contribution in [3.63, 3.8) is 0 Å². The van der Waals surface area contributed by atoms with Crippen molar-refractivity contribution in [2.45, 2.75) is 59.0 Å². The predicted octanol–water partition coefficient (Wildman–Crippen LogP) is 10.4. The second kappa shape index (κ2) is 21.0. The van der Waals surface area contributed by atoms with Gasteiger partial charge >= 0.3 is 0 Å². The van der Waals surface area contributed by atoms with Gasteiger partial charge in [-0.3, -0.25) is 14.3 Å². The number of unbranched alkanes of at least 4 members (excludes halogenated alkanes) is 1. The molecule has 1 aliphatic carbocycles.